The molecule has 0 aromatic heterocycles. The molecule has 160 valence electrons. The molecule has 0 N–H and O–H groups in total. The standard InChI is InChI=1S/C25H40F2O/c1-2-18-28-24-16-14-23(15-17-24)22-12-10-21(11-13-22)20-8-6-19(7-9-20)4-3-5-25(26)27/h2,5,19-24H,1,3-4,6-18H2. The van der Waals surface area contributed by atoms with E-state index in [1.54, 1.807) is 0 Å². The van der Waals surface area contributed by atoms with Crippen molar-refractivity contribution in [1.82, 2.24) is 0 Å². The second-order valence-corrected chi connectivity index (χ2v) is 9.69. The van der Waals surface area contributed by atoms with Gasteiger partial charge in [-0.05, 0) is 113 Å². The second-order valence-electron chi connectivity index (χ2n) is 9.69. The lowest BCUT2D eigenvalue weighted by atomic mass is 9.65. The van der Waals surface area contributed by atoms with Crippen LogP contribution in [-0.2, 0) is 4.74 Å². The highest BCUT2D eigenvalue weighted by molar-refractivity contribution is 4.87. The van der Waals surface area contributed by atoms with E-state index in [4.69, 9.17) is 4.74 Å². The van der Waals surface area contributed by atoms with Crippen LogP contribution >= 0.6 is 0 Å². The molecule has 3 heteroatoms. The van der Waals surface area contributed by atoms with E-state index in [1.165, 1.54) is 77.0 Å². The summed E-state index contributed by atoms with van der Waals surface area (Å²) in [6.45, 7) is 4.45. The van der Waals surface area contributed by atoms with Crippen LogP contribution in [0, 0.1) is 29.6 Å². The topological polar surface area (TPSA) is 9.23 Å². The van der Waals surface area contributed by atoms with Crippen LogP contribution < -0.4 is 0 Å². The summed E-state index contributed by atoms with van der Waals surface area (Å²) in [6, 6.07) is 0. The van der Waals surface area contributed by atoms with Crippen LogP contribution in [0.3, 0.4) is 0 Å². The van der Waals surface area contributed by atoms with Crippen molar-refractivity contribution in [1.29, 1.82) is 0 Å². The van der Waals surface area contributed by atoms with Crippen LogP contribution in [0.5, 0.6) is 0 Å². The van der Waals surface area contributed by atoms with E-state index >= 15 is 0 Å². The molecular formula is C25H40F2O. The van der Waals surface area contributed by atoms with E-state index in [2.05, 4.69) is 6.58 Å². The Hall–Kier alpha value is -0.700. The molecule has 0 saturated heterocycles. The zero-order valence-corrected chi connectivity index (χ0v) is 17.6. The molecular weight excluding hydrogens is 354 g/mol. The Kier molecular flexibility index (Phi) is 9.02. The van der Waals surface area contributed by atoms with Crippen molar-refractivity contribution in [3.8, 4) is 0 Å². The van der Waals surface area contributed by atoms with Gasteiger partial charge in [-0.3, -0.25) is 0 Å². The highest BCUT2D eigenvalue weighted by Crippen LogP contribution is 2.45. The van der Waals surface area contributed by atoms with Gasteiger partial charge in [-0.1, -0.05) is 18.9 Å². The molecule has 0 bridgehead atoms. The lowest BCUT2D eigenvalue weighted by Crippen LogP contribution is -2.31. The number of rotatable bonds is 8. The fraction of sp³-hybridized carbons (Fsp3) is 0.840. The number of halogens is 2. The number of allylic oxidation sites excluding steroid dienone is 1. The van der Waals surface area contributed by atoms with E-state index in [9.17, 15) is 8.78 Å². The van der Waals surface area contributed by atoms with Crippen molar-refractivity contribution in [2.75, 3.05) is 6.61 Å². The first-order valence-corrected chi connectivity index (χ1v) is 11.9. The van der Waals surface area contributed by atoms with Gasteiger partial charge in [0.25, 0.3) is 6.08 Å². The summed E-state index contributed by atoms with van der Waals surface area (Å²) in [5.41, 5.74) is 0. The predicted molar refractivity (Wildman–Crippen MR) is 112 cm³/mol. The van der Waals surface area contributed by atoms with E-state index < -0.39 is 6.08 Å². The maximum atomic E-state index is 12.2. The maximum Gasteiger partial charge on any atom is 0.266 e. The summed E-state index contributed by atoms with van der Waals surface area (Å²) in [4.78, 5) is 0. The van der Waals surface area contributed by atoms with Crippen LogP contribution in [0.25, 0.3) is 0 Å². The molecule has 1 nitrogen and oxygen atoms in total. The van der Waals surface area contributed by atoms with Crippen LogP contribution in [0.4, 0.5) is 8.78 Å². The Morgan fingerprint density at radius 2 is 1.21 bits per heavy atom. The molecule has 3 aliphatic rings. The normalized spacial score (nSPS) is 36.6. The van der Waals surface area contributed by atoms with Gasteiger partial charge in [-0.15, -0.1) is 6.58 Å². The molecule has 0 aromatic carbocycles. The number of hydrogen-bond donors (Lipinski definition) is 0. The third-order valence-electron chi connectivity index (χ3n) is 8.08. The highest BCUT2D eigenvalue weighted by Gasteiger charge is 2.34. The molecule has 3 fully saturated rings. The van der Waals surface area contributed by atoms with Gasteiger partial charge < -0.3 is 4.74 Å². The summed E-state index contributed by atoms with van der Waals surface area (Å²) in [6.07, 6.45) is 19.6. The Morgan fingerprint density at radius 1 is 0.750 bits per heavy atom. The van der Waals surface area contributed by atoms with Crippen LogP contribution in [0.15, 0.2) is 24.8 Å². The maximum absolute atomic E-state index is 12.2. The van der Waals surface area contributed by atoms with Gasteiger partial charge in [-0.25, -0.2) is 0 Å². The van der Waals surface area contributed by atoms with E-state index in [1.807, 2.05) is 6.08 Å². The van der Waals surface area contributed by atoms with Crippen molar-refractivity contribution in [3.63, 3.8) is 0 Å². The summed E-state index contributed by atoms with van der Waals surface area (Å²) in [5.74, 6) is 4.42. The van der Waals surface area contributed by atoms with Crippen molar-refractivity contribution in [2.45, 2.75) is 96.0 Å². The molecule has 0 heterocycles. The Balaban J connectivity index is 1.32. The Morgan fingerprint density at radius 3 is 1.68 bits per heavy atom. The highest BCUT2D eigenvalue weighted by atomic mass is 19.3. The summed E-state index contributed by atoms with van der Waals surface area (Å²) < 4.78 is 30.2. The van der Waals surface area contributed by atoms with Crippen molar-refractivity contribution < 1.29 is 13.5 Å². The Bertz CT molecular complexity index is 475. The molecule has 0 amide bonds. The molecule has 0 atom stereocenters. The van der Waals surface area contributed by atoms with Gasteiger partial charge in [0.05, 0.1) is 12.7 Å². The minimum atomic E-state index is -1.51. The smallest absolute Gasteiger partial charge is 0.266 e. The fourth-order valence-electron chi connectivity index (χ4n) is 6.40. The van der Waals surface area contributed by atoms with E-state index in [-0.39, 0.29) is 0 Å². The molecule has 0 aliphatic heterocycles. The number of ether oxygens (including phenoxy) is 1. The molecule has 0 radical (unpaired) electrons. The second kappa shape index (κ2) is 11.5. The van der Waals surface area contributed by atoms with Crippen molar-refractivity contribution in [3.05, 3.63) is 24.8 Å². The summed E-state index contributed by atoms with van der Waals surface area (Å²) >= 11 is 0. The fourth-order valence-corrected chi connectivity index (χ4v) is 6.40. The van der Waals surface area contributed by atoms with Gasteiger partial charge in [0, 0.05) is 0 Å². The zero-order chi connectivity index (χ0) is 19.8. The van der Waals surface area contributed by atoms with Gasteiger partial charge in [0.15, 0.2) is 0 Å². The van der Waals surface area contributed by atoms with E-state index in [0.29, 0.717) is 25.0 Å². The van der Waals surface area contributed by atoms with Crippen molar-refractivity contribution >= 4 is 0 Å². The largest absolute Gasteiger partial charge is 0.374 e. The lowest BCUT2D eigenvalue weighted by Gasteiger charge is -2.41. The predicted octanol–water partition coefficient (Wildman–Crippen LogP) is 7.92. The molecule has 3 saturated carbocycles. The minimum Gasteiger partial charge on any atom is -0.374 e. The first kappa shape index (κ1) is 22.0. The first-order valence-electron chi connectivity index (χ1n) is 11.9. The monoisotopic (exact) mass is 394 g/mol. The zero-order valence-electron chi connectivity index (χ0n) is 17.6. The van der Waals surface area contributed by atoms with Gasteiger partial charge in [-0.2, -0.15) is 8.78 Å². The van der Waals surface area contributed by atoms with Crippen LogP contribution in [0.1, 0.15) is 89.9 Å². The third-order valence-corrected chi connectivity index (χ3v) is 8.08. The van der Waals surface area contributed by atoms with Crippen molar-refractivity contribution in [2.24, 2.45) is 29.6 Å². The molecule has 0 unspecified atom stereocenters. The molecule has 3 aliphatic carbocycles. The summed E-state index contributed by atoms with van der Waals surface area (Å²) in [7, 11) is 0. The average Bonchev–Trinajstić information content (AvgIpc) is 2.73. The minimum absolute atomic E-state index is 0.470. The Labute approximate surface area is 171 Å². The van der Waals surface area contributed by atoms with Crippen LogP contribution in [-0.4, -0.2) is 12.7 Å². The number of hydrogen-bond acceptors (Lipinski definition) is 1. The summed E-state index contributed by atoms with van der Waals surface area (Å²) in [5, 5.41) is 0. The molecule has 3 rings (SSSR count). The first-order chi connectivity index (χ1) is 13.7. The van der Waals surface area contributed by atoms with Crippen LogP contribution in [0.2, 0.25) is 0 Å². The van der Waals surface area contributed by atoms with Gasteiger partial charge in [0.2, 0.25) is 0 Å². The van der Waals surface area contributed by atoms with Gasteiger partial charge >= 0.3 is 0 Å². The molecule has 0 spiro atoms. The third kappa shape index (κ3) is 6.68. The molecule has 28 heavy (non-hydrogen) atoms. The van der Waals surface area contributed by atoms with Gasteiger partial charge in [0.1, 0.15) is 0 Å². The molecule has 0 aromatic rings. The van der Waals surface area contributed by atoms with E-state index in [0.717, 1.165) is 36.2 Å². The quantitative estimate of drug-likeness (QED) is 0.380. The average molecular weight is 395 g/mol. The SMILES string of the molecule is C=CCOC1CCC(C2CCC(C3CCC(CCC=C(F)F)CC3)CC2)CC1. The lowest BCUT2D eigenvalue weighted by molar-refractivity contribution is 0.0188.